The third kappa shape index (κ3) is 7.76. The van der Waals surface area contributed by atoms with Crippen molar-refractivity contribution in [2.24, 2.45) is 0 Å². The maximum Gasteiger partial charge on any atom is 0.165 e. The Bertz CT molecular complexity index is 3350. The zero-order chi connectivity index (χ0) is 44.7. The normalized spacial score (nSPS) is 13.8. The van der Waals surface area contributed by atoms with Crippen molar-refractivity contribution in [3.05, 3.63) is 217 Å². The molecule has 0 radical (unpaired) electrons. The SMILES string of the molecule is CP(C)(=O)c1ccc(-c2cccc(C3(c4ccc(-c5nc(-c6ccc(-c7ccccc7)cc6)nc(-c6c7ccccc7c(-c7ccccc7)c7ccccc67)n5)cc4)CCCCC3)c2)cc1. The molecule has 1 aliphatic carbocycles. The predicted molar refractivity (Wildman–Crippen MR) is 277 cm³/mol. The molecule has 10 aromatic rings. The van der Waals surface area contributed by atoms with Gasteiger partial charge in [0.05, 0.1) is 0 Å². The lowest BCUT2D eigenvalue weighted by Crippen LogP contribution is -2.30. The van der Waals surface area contributed by atoms with E-state index in [9.17, 15) is 4.57 Å². The Morgan fingerprint density at radius 3 is 1.35 bits per heavy atom. The second-order valence-corrected chi connectivity index (χ2v) is 21.4. The molecule has 1 saturated carbocycles. The summed E-state index contributed by atoms with van der Waals surface area (Å²) in [7, 11) is -2.33. The molecule has 1 heterocycles. The fourth-order valence-corrected chi connectivity index (χ4v) is 11.2. The topological polar surface area (TPSA) is 55.7 Å². The average Bonchev–Trinajstić information content (AvgIpc) is 3.38. The molecule has 0 amide bonds. The van der Waals surface area contributed by atoms with Crippen LogP contribution in [0.5, 0.6) is 0 Å². The number of fused-ring (bicyclic) bond motifs is 2. The highest BCUT2D eigenvalue weighted by molar-refractivity contribution is 7.70. The van der Waals surface area contributed by atoms with Gasteiger partial charge in [0.1, 0.15) is 7.14 Å². The summed E-state index contributed by atoms with van der Waals surface area (Å²) in [6.07, 6.45) is 5.77. The molecule has 0 bridgehead atoms. The van der Waals surface area contributed by atoms with E-state index in [1.165, 1.54) is 52.6 Å². The van der Waals surface area contributed by atoms with Gasteiger partial charge in [-0.2, -0.15) is 0 Å². The van der Waals surface area contributed by atoms with Gasteiger partial charge in [-0.3, -0.25) is 0 Å². The summed E-state index contributed by atoms with van der Waals surface area (Å²) in [6, 6.07) is 73.5. The highest BCUT2D eigenvalue weighted by atomic mass is 31.2. The van der Waals surface area contributed by atoms with Gasteiger partial charge in [-0.05, 0) is 92.2 Å². The Morgan fingerprint density at radius 1 is 0.364 bits per heavy atom. The van der Waals surface area contributed by atoms with Gasteiger partial charge in [0.25, 0.3) is 0 Å². The lowest BCUT2D eigenvalue weighted by molar-refractivity contribution is 0.346. The molecular formula is C61H50N3OP. The minimum Gasteiger partial charge on any atom is -0.319 e. The molecule has 0 saturated heterocycles. The number of aromatic nitrogens is 3. The van der Waals surface area contributed by atoms with Gasteiger partial charge in [-0.25, -0.2) is 15.0 Å². The van der Waals surface area contributed by atoms with E-state index in [2.05, 4.69) is 188 Å². The summed E-state index contributed by atoms with van der Waals surface area (Å²) in [5.41, 5.74) is 12.4. The fourth-order valence-electron chi connectivity index (χ4n) is 10.3. The number of hydrogen-bond donors (Lipinski definition) is 0. The van der Waals surface area contributed by atoms with Crippen molar-refractivity contribution in [3.8, 4) is 67.5 Å². The van der Waals surface area contributed by atoms with Crippen molar-refractivity contribution in [2.45, 2.75) is 37.5 Å². The first kappa shape index (κ1) is 41.4. The van der Waals surface area contributed by atoms with E-state index < -0.39 is 7.14 Å². The lowest BCUT2D eigenvalue weighted by Gasteiger charge is -2.39. The molecule has 0 spiro atoms. The summed E-state index contributed by atoms with van der Waals surface area (Å²) in [5, 5.41) is 5.42. The van der Waals surface area contributed by atoms with Crippen LogP contribution in [0.3, 0.4) is 0 Å². The van der Waals surface area contributed by atoms with E-state index in [1.807, 2.05) is 31.5 Å². The molecule has 11 rings (SSSR count). The molecule has 9 aromatic carbocycles. The molecular weight excluding hydrogens is 822 g/mol. The Balaban J connectivity index is 1.05. The summed E-state index contributed by atoms with van der Waals surface area (Å²) >= 11 is 0. The highest BCUT2D eigenvalue weighted by Gasteiger charge is 2.36. The molecule has 66 heavy (non-hydrogen) atoms. The predicted octanol–water partition coefficient (Wildman–Crippen LogP) is 15.7. The molecule has 0 aliphatic heterocycles. The van der Waals surface area contributed by atoms with E-state index in [-0.39, 0.29) is 5.41 Å². The monoisotopic (exact) mass is 871 g/mol. The van der Waals surface area contributed by atoms with E-state index in [0.717, 1.165) is 67.5 Å². The van der Waals surface area contributed by atoms with Crippen molar-refractivity contribution in [1.29, 1.82) is 0 Å². The third-order valence-corrected chi connectivity index (χ3v) is 15.3. The van der Waals surface area contributed by atoms with Crippen LogP contribution < -0.4 is 5.30 Å². The lowest BCUT2D eigenvalue weighted by atomic mass is 9.65. The first-order valence-corrected chi connectivity index (χ1v) is 25.7. The summed E-state index contributed by atoms with van der Waals surface area (Å²) in [6.45, 7) is 3.66. The quantitative estimate of drug-likeness (QED) is 0.107. The van der Waals surface area contributed by atoms with E-state index >= 15 is 0 Å². The molecule has 0 unspecified atom stereocenters. The van der Waals surface area contributed by atoms with Crippen LogP contribution in [0.4, 0.5) is 0 Å². The standard InChI is InChI=1S/C61H50N3OP/c1-66(2,65)51-37-33-44(34-38-51)48-21-16-22-50(41-48)61(39-14-5-15-40-61)49-35-31-47(32-36-49)59-62-58(46-29-27-43(28-30-46)42-17-6-3-7-18-42)63-60(64-59)57-54-25-12-10-23-52(54)56(45-19-8-4-9-20-45)53-24-11-13-26-55(53)57/h3-4,6-13,16-38,41H,5,14-15,39-40H2,1-2H3. The van der Waals surface area contributed by atoms with Gasteiger partial charge in [0, 0.05) is 27.4 Å². The Labute approximate surface area is 387 Å². The van der Waals surface area contributed by atoms with Gasteiger partial charge < -0.3 is 4.57 Å². The van der Waals surface area contributed by atoms with Crippen LogP contribution in [-0.2, 0) is 9.98 Å². The zero-order valence-corrected chi connectivity index (χ0v) is 38.3. The van der Waals surface area contributed by atoms with Crippen molar-refractivity contribution in [2.75, 3.05) is 13.3 Å². The molecule has 1 aromatic heterocycles. The van der Waals surface area contributed by atoms with Crippen LogP contribution >= 0.6 is 7.14 Å². The molecule has 1 aliphatic rings. The summed E-state index contributed by atoms with van der Waals surface area (Å²) < 4.78 is 12.8. The van der Waals surface area contributed by atoms with Crippen molar-refractivity contribution < 1.29 is 4.57 Å². The molecule has 320 valence electrons. The maximum atomic E-state index is 12.8. The average molecular weight is 872 g/mol. The van der Waals surface area contributed by atoms with E-state index in [1.54, 1.807) is 0 Å². The zero-order valence-electron chi connectivity index (χ0n) is 37.4. The molecule has 5 heteroatoms. The molecule has 0 N–H and O–H groups in total. The second-order valence-electron chi connectivity index (χ2n) is 18.2. The minimum atomic E-state index is -2.33. The fraction of sp³-hybridized carbons (Fsp3) is 0.131. The van der Waals surface area contributed by atoms with Gasteiger partial charge in [-0.15, -0.1) is 0 Å². The second kappa shape index (κ2) is 17.3. The minimum absolute atomic E-state index is 0.122. The summed E-state index contributed by atoms with van der Waals surface area (Å²) in [5.74, 6) is 1.92. The molecule has 0 atom stereocenters. The van der Waals surface area contributed by atoms with Gasteiger partial charge in [-0.1, -0.05) is 226 Å². The van der Waals surface area contributed by atoms with E-state index in [4.69, 9.17) is 15.0 Å². The van der Waals surface area contributed by atoms with Crippen LogP contribution in [0.15, 0.2) is 206 Å². The summed E-state index contributed by atoms with van der Waals surface area (Å²) in [4.78, 5) is 16.0. The van der Waals surface area contributed by atoms with Crippen molar-refractivity contribution in [1.82, 2.24) is 15.0 Å². The first-order valence-electron chi connectivity index (χ1n) is 23.1. The van der Waals surface area contributed by atoms with Crippen LogP contribution in [0.25, 0.3) is 89.1 Å². The molecule has 1 fully saturated rings. The van der Waals surface area contributed by atoms with Gasteiger partial charge >= 0.3 is 0 Å². The molecule has 4 nitrogen and oxygen atoms in total. The van der Waals surface area contributed by atoms with Crippen LogP contribution in [0, 0.1) is 0 Å². The number of benzene rings is 9. The van der Waals surface area contributed by atoms with Crippen molar-refractivity contribution >= 4 is 34.0 Å². The largest absolute Gasteiger partial charge is 0.319 e. The Kier molecular flexibility index (Phi) is 10.8. The highest BCUT2D eigenvalue weighted by Crippen LogP contribution is 2.47. The number of hydrogen-bond acceptors (Lipinski definition) is 4. The Morgan fingerprint density at radius 2 is 0.788 bits per heavy atom. The first-order chi connectivity index (χ1) is 32.3. The Hall–Kier alpha value is -7.26. The van der Waals surface area contributed by atoms with Crippen LogP contribution in [-0.4, -0.2) is 28.3 Å². The van der Waals surface area contributed by atoms with Crippen molar-refractivity contribution in [3.63, 3.8) is 0 Å². The maximum absolute atomic E-state index is 12.8. The number of rotatable bonds is 9. The third-order valence-electron chi connectivity index (χ3n) is 13.7. The smallest absolute Gasteiger partial charge is 0.165 e. The number of nitrogens with zero attached hydrogens (tertiary/aromatic N) is 3. The van der Waals surface area contributed by atoms with Gasteiger partial charge in [0.2, 0.25) is 0 Å². The van der Waals surface area contributed by atoms with Crippen LogP contribution in [0.1, 0.15) is 43.2 Å². The van der Waals surface area contributed by atoms with Gasteiger partial charge in [0.15, 0.2) is 17.5 Å². The van der Waals surface area contributed by atoms with E-state index in [0.29, 0.717) is 17.5 Å². The van der Waals surface area contributed by atoms with Crippen LogP contribution in [0.2, 0.25) is 0 Å².